The summed E-state index contributed by atoms with van der Waals surface area (Å²) in [5.74, 6) is -0.484. The van der Waals surface area contributed by atoms with Crippen LogP contribution >= 0.6 is 0 Å². The maximum Gasteiger partial charge on any atom is 0.326 e. The Morgan fingerprint density at radius 1 is 1.42 bits per heavy atom. The molecule has 0 atom stereocenters. The summed E-state index contributed by atoms with van der Waals surface area (Å²) in [6.45, 7) is 5.54. The molecule has 1 aromatic rings. The molecule has 0 aliphatic carbocycles. The fraction of sp³-hybridized carbons (Fsp3) is 0.333. The molecule has 1 rings (SSSR count). The maximum absolute atomic E-state index is 11.7. The third kappa shape index (κ3) is 3.51. The fourth-order valence-electron chi connectivity index (χ4n) is 1.62. The molecule has 2 amide bonds. The van der Waals surface area contributed by atoms with Crippen LogP contribution in [0.5, 0.6) is 11.5 Å². The smallest absolute Gasteiger partial charge is 0.326 e. The Balaban J connectivity index is 2.92. The Bertz CT molecular complexity index is 526. The topological polar surface area (TPSA) is 120 Å². The maximum atomic E-state index is 11.7. The number of nitrogens with zero attached hydrogens (tertiary/aromatic N) is 1. The molecule has 0 radical (unpaired) electrons. The van der Waals surface area contributed by atoms with Gasteiger partial charge >= 0.3 is 6.03 Å². The first-order valence-corrected chi connectivity index (χ1v) is 5.76. The van der Waals surface area contributed by atoms with E-state index >= 15 is 0 Å². The Morgan fingerprint density at radius 2 is 2.05 bits per heavy atom. The second-order valence-corrected chi connectivity index (χ2v) is 4.00. The van der Waals surface area contributed by atoms with Crippen LogP contribution in [0.1, 0.15) is 18.1 Å². The van der Waals surface area contributed by atoms with Crippen molar-refractivity contribution in [3.05, 3.63) is 17.2 Å². The van der Waals surface area contributed by atoms with E-state index < -0.39 is 6.03 Å². The predicted molar refractivity (Wildman–Crippen MR) is 73.6 cm³/mol. The lowest BCUT2D eigenvalue weighted by Gasteiger charge is -2.14. The summed E-state index contributed by atoms with van der Waals surface area (Å²) in [6, 6.07) is 0.799. The number of benzene rings is 1. The van der Waals surface area contributed by atoms with Gasteiger partial charge in [0.15, 0.2) is 17.5 Å². The fourth-order valence-corrected chi connectivity index (χ4v) is 1.62. The van der Waals surface area contributed by atoms with Crippen molar-refractivity contribution in [2.45, 2.75) is 20.8 Å². The van der Waals surface area contributed by atoms with Crippen LogP contribution < -0.4 is 16.4 Å². The van der Waals surface area contributed by atoms with Crippen molar-refractivity contribution < 1.29 is 15.0 Å². The average Bonchev–Trinajstić information content (AvgIpc) is 2.32. The molecule has 0 saturated carbocycles. The molecule has 0 bridgehead atoms. The van der Waals surface area contributed by atoms with E-state index in [1.54, 1.807) is 20.8 Å². The van der Waals surface area contributed by atoms with Gasteiger partial charge in [-0.05, 0) is 32.4 Å². The number of hydrogen-bond acceptors (Lipinski definition) is 4. The predicted octanol–water partition coefficient (Wildman–Crippen LogP) is 1.17. The summed E-state index contributed by atoms with van der Waals surface area (Å²) in [6.07, 6.45) is 0. The van der Waals surface area contributed by atoms with Gasteiger partial charge in [0.2, 0.25) is 0 Å². The molecular formula is C12H18N4O3. The second-order valence-electron chi connectivity index (χ2n) is 4.00. The number of amides is 2. The van der Waals surface area contributed by atoms with E-state index in [1.807, 2.05) is 0 Å². The molecule has 0 unspecified atom stereocenters. The van der Waals surface area contributed by atoms with Gasteiger partial charge in [-0.1, -0.05) is 0 Å². The van der Waals surface area contributed by atoms with E-state index in [9.17, 15) is 15.0 Å². The van der Waals surface area contributed by atoms with Crippen LogP contribution in [0.15, 0.2) is 11.1 Å². The molecule has 7 nitrogen and oxygen atoms in total. The summed E-state index contributed by atoms with van der Waals surface area (Å²) < 4.78 is 0. The number of aryl methyl sites for hydroxylation is 1. The molecule has 0 fully saturated rings. The summed E-state index contributed by atoms with van der Waals surface area (Å²) in [5.41, 5.74) is 6.86. The lowest BCUT2D eigenvalue weighted by Crippen LogP contribution is -2.39. The lowest BCUT2D eigenvalue weighted by molar-refractivity contribution is 0.256. The highest BCUT2D eigenvalue weighted by Crippen LogP contribution is 2.36. The van der Waals surface area contributed by atoms with Gasteiger partial charge in [-0.15, -0.1) is 0 Å². The highest BCUT2D eigenvalue weighted by Gasteiger charge is 2.14. The molecule has 7 heteroatoms. The van der Waals surface area contributed by atoms with Crippen molar-refractivity contribution in [1.82, 2.24) is 5.32 Å². The average molecular weight is 266 g/mol. The molecule has 104 valence electrons. The zero-order valence-electron chi connectivity index (χ0n) is 11.1. The van der Waals surface area contributed by atoms with Crippen molar-refractivity contribution in [2.75, 3.05) is 11.9 Å². The van der Waals surface area contributed by atoms with Gasteiger partial charge in [0.25, 0.3) is 0 Å². The Hall–Kier alpha value is -2.44. The van der Waals surface area contributed by atoms with Gasteiger partial charge in [0.05, 0.1) is 5.69 Å². The van der Waals surface area contributed by atoms with E-state index in [-0.39, 0.29) is 17.5 Å². The SMILES string of the molecule is CCN=C(N)NC(=O)Nc1c(C)cc(O)c(O)c1C. The van der Waals surface area contributed by atoms with Gasteiger partial charge in [-0.2, -0.15) is 0 Å². The standard InChI is InChI=1S/C12H18N4O3/c1-4-14-11(13)16-12(19)15-9-6(2)5-8(17)10(18)7(9)3/h5,17-18H,4H2,1-3H3,(H4,13,14,15,16,19). The first kappa shape index (κ1) is 14.6. The van der Waals surface area contributed by atoms with Crippen LogP contribution in [0, 0.1) is 13.8 Å². The van der Waals surface area contributed by atoms with Gasteiger partial charge < -0.3 is 21.3 Å². The quantitative estimate of drug-likeness (QED) is 0.239. The number of phenolic OH excluding ortho intramolecular Hbond substituents is 2. The number of rotatable bonds is 2. The van der Waals surface area contributed by atoms with Crippen molar-refractivity contribution in [2.24, 2.45) is 10.7 Å². The van der Waals surface area contributed by atoms with Crippen LogP contribution in [-0.2, 0) is 0 Å². The van der Waals surface area contributed by atoms with Crippen LogP contribution in [0.4, 0.5) is 10.5 Å². The molecule has 0 heterocycles. The molecule has 1 aromatic carbocycles. The number of aliphatic imine (C=N–C) groups is 1. The first-order chi connectivity index (χ1) is 8.86. The highest BCUT2D eigenvalue weighted by atomic mass is 16.3. The van der Waals surface area contributed by atoms with E-state index in [4.69, 9.17) is 5.73 Å². The summed E-state index contributed by atoms with van der Waals surface area (Å²) in [4.78, 5) is 15.5. The number of carbonyl (C=O) groups is 1. The third-order valence-corrected chi connectivity index (χ3v) is 2.53. The molecule has 0 aliphatic rings. The van der Waals surface area contributed by atoms with E-state index in [1.165, 1.54) is 6.07 Å². The summed E-state index contributed by atoms with van der Waals surface area (Å²) >= 11 is 0. The molecule has 0 aromatic heterocycles. The van der Waals surface area contributed by atoms with Crippen LogP contribution in [0.2, 0.25) is 0 Å². The summed E-state index contributed by atoms with van der Waals surface area (Å²) in [7, 11) is 0. The second kappa shape index (κ2) is 5.94. The van der Waals surface area contributed by atoms with E-state index in [0.717, 1.165) is 0 Å². The Labute approximate surface area is 111 Å². The van der Waals surface area contributed by atoms with Crippen LogP contribution in [0.3, 0.4) is 0 Å². The van der Waals surface area contributed by atoms with Crippen molar-refractivity contribution in [1.29, 1.82) is 0 Å². The van der Waals surface area contributed by atoms with Gasteiger partial charge in [-0.25, -0.2) is 4.79 Å². The van der Waals surface area contributed by atoms with Crippen LogP contribution in [0.25, 0.3) is 0 Å². The molecule has 6 N–H and O–H groups in total. The Kier molecular flexibility index (Phi) is 4.57. The van der Waals surface area contributed by atoms with Crippen molar-refractivity contribution in [3.8, 4) is 11.5 Å². The van der Waals surface area contributed by atoms with E-state index in [0.29, 0.717) is 23.4 Å². The van der Waals surface area contributed by atoms with E-state index in [2.05, 4.69) is 15.6 Å². The number of urea groups is 1. The normalized spacial score (nSPS) is 11.2. The van der Waals surface area contributed by atoms with Gasteiger partial charge in [-0.3, -0.25) is 10.3 Å². The lowest BCUT2D eigenvalue weighted by atomic mass is 10.1. The Morgan fingerprint density at radius 3 is 2.63 bits per heavy atom. The minimum absolute atomic E-state index is 0.0123. The minimum Gasteiger partial charge on any atom is -0.504 e. The zero-order valence-corrected chi connectivity index (χ0v) is 11.1. The monoisotopic (exact) mass is 266 g/mol. The number of aromatic hydroxyl groups is 2. The highest BCUT2D eigenvalue weighted by molar-refractivity contribution is 6.02. The molecule has 0 saturated heterocycles. The van der Waals surface area contributed by atoms with Crippen molar-refractivity contribution >= 4 is 17.7 Å². The number of carbonyl (C=O) groups excluding carboxylic acids is 1. The number of anilines is 1. The zero-order chi connectivity index (χ0) is 14.6. The van der Waals surface area contributed by atoms with Gasteiger partial charge in [0, 0.05) is 12.1 Å². The number of nitrogens with one attached hydrogen (secondary N) is 2. The molecular weight excluding hydrogens is 248 g/mol. The minimum atomic E-state index is -0.564. The van der Waals surface area contributed by atoms with Crippen molar-refractivity contribution in [3.63, 3.8) is 0 Å². The number of guanidine groups is 1. The third-order valence-electron chi connectivity index (χ3n) is 2.53. The number of phenols is 2. The largest absolute Gasteiger partial charge is 0.504 e. The molecule has 0 spiro atoms. The number of nitrogens with two attached hydrogens (primary N) is 1. The number of hydrogen-bond donors (Lipinski definition) is 5. The van der Waals surface area contributed by atoms with Crippen LogP contribution in [-0.4, -0.2) is 28.7 Å². The molecule has 0 aliphatic heterocycles. The summed E-state index contributed by atoms with van der Waals surface area (Å²) in [5, 5.41) is 24.0. The first-order valence-electron chi connectivity index (χ1n) is 5.76. The molecule has 19 heavy (non-hydrogen) atoms. The van der Waals surface area contributed by atoms with Gasteiger partial charge in [0.1, 0.15) is 0 Å².